The molecule has 0 aromatic heterocycles. The fourth-order valence-corrected chi connectivity index (χ4v) is 1.38. The van der Waals surface area contributed by atoms with E-state index < -0.39 is 0 Å². The number of rotatable bonds is 5. The fraction of sp³-hybridized carbons (Fsp3) is 0.900. The van der Waals surface area contributed by atoms with E-state index in [1.807, 2.05) is 6.92 Å². The topological polar surface area (TPSA) is 35.8 Å². The molecule has 2 nitrogen and oxygen atoms in total. The molecule has 0 aromatic rings. The summed E-state index contributed by atoms with van der Waals surface area (Å²) in [6.07, 6.45) is 4.72. The van der Waals surface area contributed by atoms with Crippen molar-refractivity contribution >= 4 is 0 Å². The van der Waals surface area contributed by atoms with E-state index in [0.29, 0.717) is 0 Å². The lowest BCUT2D eigenvalue weighted by Crippen LogP contribution is -2.41. The minimum Gasteiger partial charge on any atom is -0.299 e. The van der Waals surface area contributed by atoms with Gasteiger partial charge in [-0.15, -0.1) is 0 Å². The Morgan fingerprint density at radius 3 is 2.67 bits per heavy atom. The van der Waals surface area contributed by atoms with Crippen LogP contribution in [0.1, 0.15) is 39.5 Å². The van der Waals surface area contributed by atoms with E-state index in [9.17, 15) is 0 Å². The summed E-state index contributed by atoms with van der Waals surface area (Å²) in [4.78, 5) is 0. The van der Waals surface area contributed by atoms with Crippen LogP contribution in [0.25, 0.3) is 0 Å². The summed E-state index contributed by atoms with van der Waals surface area (Å²) >= 11 is 0. The van der Waals surface area contributed by atoms with Crippen molar-refractivity contribution in [2.24, 2.45) is 5.92 Å². The molecule has 1 aliphatic carbocycles. The first-order valence-corrected chi connectivity index (χ1v) is 4.86. The fourth-order valence-electron chi connectivity index (χ4n) is 1.38. The Hall–Kier alpha value is -0.550. The molecule has 1 unspecified atom stereocenters. The number of nitrogens with one attached hydrogen (secondary N) is 1. The Labute approximate surface area is 75.0 Å². The molecular weight excluding hydrogens is 148 g/mol. The Morgan fingerprint density at radius 1 is 1.58 bits per heavy atom. The Balaban J connectivity index is 2.26. The highest BCUT2D eigenvalue weighted by atomic mass is 15.0. The average molecular weight is 166 g/mol. The summed E-state index contributed by atoms with van der Waals surface area (Å²) < 4.78 is 0. The van der Waals surface area contributed by atoms with Crippen LogP contribution in [-0.2, 0) is 0 Å². The minimum absolute atomic E-state index is 0.280. The smallest absolute Gasteiger partial charge is 0.103 e. The summed E-state index contributed by atoms with van der Waals surface area (Å²) in [5.41, 5.74) is -0.280. The molecular formula is C10H18N2. The molecule has 1 saturated carbocycles. The second-order valence-electron chi connectivity index (χ2n) is 4.02. The Morgan fingerprint density at radius 2 is 2.25 bits per heavy atom. The largest absolute Gasteiger partial charge is 0.299 e. The van der Waals surface area contributed by atoms with Crippen LogP contribution in [0.2, 0.25) is 0 Å². The maximum atomic E-state index is 8.94. The number of nitriles is 1. The molecule has 0 saturated heterocycles. The Kier molecular flexibility index (Phi) is 3.11. The third-order valence-corrected chi connectivity index (χ3v) is 2.47. The first-order chi connectivity index (χ1) is 5.70. The molecule has 1 aliphatic rings. The summed E-state index contributed by atoms with van der Waals surface area (Å²) in [7, 11) is 0. The predicted molar refractivity (Wildman–Crippen MR) is 49.7 cm³/mol. The van der Waals surface area contributed by atoms with Crippen LogP contribution in [0.15, 0.2) is 0 Å². The van der Waals surface area contributed by atoms with Gasteiger partial charge in [0.25, 0.3) is 0 Å². The molecule has 1 fully saturated rings. The predicted octanol–water partition coefficient (Wildman–Crippen LogP) is 2.07. The molecule has 0 aromatic carbocycles. The van der Waals surface area contributed by atoms with Crippen LogP contribution < -0.4 is 5.32 Å². The molecule has 68 valence electrons. The molecule has 0 amide bonds. The van der Waals surface area contributed by atoms with Gasteiger partial charge in [0, 0.05) is 0 Å². The summed E-state index contributed by atoms with van der Waals surface area (Å²) in [5, 5.41) is 12.3. The van der Waals surface area contributed by atoms with Gasteiger partial charge in [-0.2, -0.15) is 5.26 Å². The highest BCUT2D eigenvalue weighted by molar-refractivity contribution is 5.03. The van der Waals surface area contributed by atoms with E-state index in [4.69, 9.17) is 5.26 Å². The van der Waals surface area contributed by atoms with Crippen molar-refractivity contribution in [3.05, 3.63) is 0 Å². The van der Waals surface area contributed by atoms with E-state index in [0.717, 1.165) is 25.3 Å². The van der Waals surface area contributed by atoms with Crippen molar-refractivity contribution in [2.45, 2.75) is 45.1 Å². The summed E-state index contributed by atoms with van der Waals surface area (Å²) in [6, 6.07) is 2.35. The van der Waals surface area contributed by atoms with Crippen LogP contribution in [0.4, 0.5) is 0 Å². The molecule has 2 heteroatoms. The number of nitrogens with zero attached hydrogens (tertiary/aromatic N) is 1. The van der Waals surface area contributed by atoms with Crippen LogP contribution >= 0.6 is 0 Å². The molecule has 0 aliphatic heterocycles. The van der Waals surface area contributed by atoms with Gasteiger partial charge in [-0.05, 0) is 38.6 Å². The third kappa shape index (κ3) is 2.83. The lowest BCUT2D eigenvalue weighted by molar-refractivity contribution is 0.405. The SMILES string of the molecule is CCCC(C)(C#N)NCC1CC1. The molecule has 1 N–H and O–H groups in total. The van der Waals surface area contributed by atoms with Crippen molar-refractivity contribution in [2.75, 3.05) is 6.54 Å². The summed E-state index contributed by atoms with van der Waals surface area (Å²) in [6.45, 7) is 5.15. The van der Waals surface area contributed by atoms with Crippen molar-refractivity contribution in [3.8, 4) is 6.07 Å². The zero-order valence-electron chi connectivity index (χ0n) is 8.06. The third-order valence-electron chi connectivity index (χ3n) is 2.47. The maximum Gasteiger partial charge on any atom is 0.103 e. The minimum atomic E-state index is -0.280. The molecule has 1 atom stereocenters. The van der Waals surface area contributed by atoms with Gasteiger partial charge < -0.3 is 0 Å². The molecule has 12 heavy (non-hydrogen) atoms. The second kappa shape index (κ2) is 3.91. The molecule has 0 radical (unpaired) electrons. The van der Waals surface area contributed by atoms with Crippen LogP contribution in [0.5, 0.6) is 0 Å². The second-order valence-corrected chi connectivity index (χ2v) is 4.02. The molecule has 1 rings (SSSR count). The van der Waals surface area contributed by atoms with Gasteiger partial charge in [0.2, 0.25) is 0 Å². The quantitative estimate of drug-likeness (QED) is 0.678. The molecule has 0 heterocycles. The summed E-state index contributed by atoms with van der Waals surface area (Å²) in [5.74, 6) is 0.856. The van der Waals surface area contributed by atoms with Crippen molar-refractivity contribution in [3.63, 3.8) is 0 Å². The van der Waals surface area contributed by atoms with Gasteiger partial charge in [-0.1, -0.05) is 13.3 Å². The van der Waals surface area contributed by atoms with Crippen LogP contribution in [0, 0.1) is 17.2 Å². The van der Waals surface area contributed by atoms with Gasteiger partial charge in [0.05, 0.1) is 6.07 Å². The van der Waals surface area contributed by atoms with Gasteiger partial charge in [0.15, 0.2) is 0 Å². The van der Waals surface area contributed by atoms with E-state index in [2.05, 4.69) is 18.3 Å². The van der Waals surface area contributed by atoms with Gasteiger partial charge in [-0.3, -0.25) is 5.32 Å². The number of hydrogen-bond donors (Lipinski definition) is 1. The maximum absolute atomic E-state index is 8.94. The average Bonchev–Trinajstić information content (AvgIpc) is 2.85. The lowest BCUT2D eigenvalue weighted by atomic mass is 9.98. The highest BCUT2D eigenvalue weighted by Crippen LogP contribution is 2.28. The highest BCUT2D eigenvalue weighted by Gasteiger charge is 2.27. The molecule has 0 spiro atoms. The number of hydrogen-bond acceptors (Lipinski definition) is 2. The first kappa shape index (κ1) is 9.54. The van der Waals surface area contributed by atoms with Crippen LogP contribution in [0.3, 0.4) is 0 Å². The van der Waals surface area contributed by atoms with E-state index in [1.54, 1.807) is 0 Å². The van der Waals surface area contributed by atoms with E-state index in [-0.39, 0.29) is 5.54 Å². The molecule has 0 bridgehead atoms. The standard InChI is InChI=1S/C10H18N2/c1-3-6-10(2,8-11)12-7-9-4-5-9/h9,12H,3-7H2,1-2H3. The van der Waals surface area contributed by atoms with Crippen LogP contribution in [-0.4, -0.2) is 12.1 Å². The van der Waals surface area contributed by atoms with E-state index >= 15 is 0 Å². The van der Waals surface area contributed by atoms with E-state index in [1.165, 1.54) is 12.8 Å². The van der Waals surface area contributed by atoms with Crippen molar-refractivity contribution in [1.82, 2.24) is 5.32 Å². The van der Waals surface area contributed by atoms with Gasteiger partial charge in [0.1, 0.15) is 5.54 Å². The zero-order chi connectivity index (χ0) is 9.03. The zero-order valence-corrected chi connectivity index (χ0v) is 8.06. The Bertz CT molecular complexity index is 179. The first-order valence-electron chi connectivity index (χ1n) is 4.86. The van der Waals surface area contributed by atoms with Crippen molar-refractivity contribution < 1.29 is 0 Å². The van der Waals surface area contributed by atoms with Gasteiger partial charge in [-0.25, -0.2) is 0 Å². The van der Waals surface area contributed by atoms with Gasteiger partial charge >= 0.3 is 0 Å². The lowest BCUT2D eigenvalue weighted by Gasteiger charge is -2.22. The van der Waals surface area contributed by atoms with Crippen molar-refractivity contribution in [1.29, 1.82) is 5.26 Å². The normalized spacial score (nSPS) is 21.4. The monoisotopic (exact) mass is 166 g/mol.